The van der Waals surface area contributed by atoms with Crippen LogP contribution in [0, 0.1) is 0 Å². The summed E-state index contributed by atoms with van der Waals surface area (Å²) in [5, 5.41) is 3.93. The highest BCUT2D eigenvalue weighted by molar-refractivity contribution is 7.89. The number of sulfonamides is 1. The molecule has 0 saturated heterocycles. The molecule has 0 spiro atoms. The van der Waals surface area contributed by atoms with Crippen LogP contribution in [-0.2, 0) is 21.4 Å². The zero-order valence-corrected chi connectivity index (χ0v) is 15.6. The number of carbonyl (C=O) groups is 1. The summed E-state index contributed by atoms with van der Waals surface area (Å²) < 4.78 is 29.3. The van der Waals surface area contributed by atoms with Crippen LogP contribution in [0.2, 0.25) is 0 Å². The predicted molar refractivity (Wildman–Crippen MR) is 105 cm³/mol. The van der Waals surface area contributed by atoms with E-state index in [4.69, 9.17) is 0 Å². The fourth-order valence-electron chi connectivity index (χ4n) is 3.01. The molecule has 27 heavy (non-hydrogen) atoms. The van der Waals surface area contributed by atoms with Gasteiger partial charge in [0, 0.05) is 36.4 Å². The molecule has 0 atom stereocenters. The van der Waals surface area contributed by atoms with Crippen molar-refractivity contribution in [1.29, 1.82) is 0 Å². The molecule has 2 aromatic carbocycles. The molecule has 0 unspecified atom stereocenters. The first-order chi connectivity index (χ1) is 13.0. The minimum absolute atomic E-state index is 0.0460. The Labute approximate surface area is 158 Å². The number of carbonyl (C=O) groups excluding carboxylic acids is 1. The molecule has 2 N–H and O–H groups in total. The third-order valence-electron chi connectivity index (χ3n) is 4.59. The van der Waals surface area contributed by atoms with Crippen molar-refractivity contribution >= 4 is 32.5 Å². The van der Waals surface area contributed by atoms with Crippen molar-refractivity contribution in [3.63, 3.8) is 0 Å². The van der Waals surface area contributed by atoms with Crippen LogP contribution in [0.15, 0.2) is 65.7 Å². The SMILES string of the molecule is O=C(CCn1ccc2ccccc21)Nc1cccc(S(=O)(=O)NC2CC2)c1. The molecule has 1 amide bonds. The summed E-state index contributed by atoms with van der Waals surface area (Å²) in [4.78, 5) is 12.5. The first-order valence-corrected chi connectivity index (χ1v) is 10.5. The van der Waals surface area contributed by atoms with E-state index in [2.05, 4.69) is 10.0 Å². The maximum atomic E-state index is 12.3. The number of fused-ring (bicyclic) bond motifs is 1. The standard InChI is InChI=1S/C20H21N3O3S/c24-20(11-13-23-12-10-15-4-1-2-7-19(15)23)21-17-5-3-6-18(14-17)27(25,26)22-16-8-9-16/h1-7,10,12,14,16,22H,8-9,11,13H2,(H,21,24). The van der Waals surface area contributed by atoms with Crippen LogP contribution in [0.5, 0.6) is 0 Å². The molecule has 1 aliphatic rings. The van der Waals surface area contributed by atoms with Gasteiger partial charge in [-0.3, -0.25) is 4.79 Å². The smallest absolute Gasteiger partial charge is 0.240 e. The Hall–Kier alpha value is -2.64. The van der Waals surface area contributed by atoms with Crippen LogP contribution >= 0.6 is 0 Å². The number of hydrogen-bond donors (Lipinski definition) is 2. The molecule has 0 radical (unpaired) electrons. The molecule has 3 aromatic rings. The average molecular weight is 383 g/mol. The first-order valence-electron chi connectivity index (χ1n) is 8.97. The molecule has 1 saturated carbocycles. The number of nitrogens with zero attached hydrogens (tertiary/aromatic N) is 1. The number of benzene rings is 2. The molecule has 1 heterocycles. The minimum atomic E-state index is -3.53. The van der Waals surface area contributed by atoms with Crippen LogP contribution < -0.4 is 10.0 Å². The molecule has 1 aromatic heterocycles. The summed E-state index contributed by atoms with van der Waals surface area (Å²) in [5.74, 6) is -0.155. The van der Waals surface area contributed by atoms with Gasteiger partial charge < -0.3 is 9.88 Å². The summed E-state index contributed by atoms with van der Waals surface area (Å²) in [5.41, 5.74) is 1.57. The number of amides is 1. The highest BCUT2D eigenvalue weighted by Crippen LogP contribution is 2.23. The Morgan fingerprint density at radius 3 is 2.70 bits per heavy atom. The van der Waals surface area contributed by atoms with E-state index in [0.29, 0.717) is 18.7 Å². The van der Waals surface area contributed by atoms with Crippen LogP contribution in [0.3, 0.4) is 0 Å². The number of aromatic nitrogens is 1. The van der Waals surface area contributed by atoms with Gasteiger partial charge in [-0.15, -0.1) is 0 Å². The van der Waals surface area contributed by atoms with Gasteiger partial charge in [0.25, 0.3) is 0 Å². The van der Waals surface area contributed by atoms with Crippen LogP contribution in [0.4, 0.5) is 5.69 Å². The summed E-state index contributed by atoms with van der Waals surface area (Å²) in [6.45, 7) is 0.556. The molecule has 140 valence electrons. The van der Waals surface area contributed by atoms with Gasteiger partial charge in [-0.25, -0.2) is 13.1 Å². The number of aryl methyl sites for hydroxylation is 1. The molecule has 7 heteroatoms. The van der Waals surface area contributed by atoms with Gasteiger partial charge in [0.15, 0.2) is 0 Å². The molecular weight excluding hydrogens is 362 g/mol. The van der Waals surface area contributed by atoms with E-state index in [-0.39, 0.29) is 16.8 Å². The zero-order valence-electron chi connectivity index (χ0n) is 14.8. The molecule has 6 nitrogen and oxygen atoms in total. The fraction of sp³-hybridized carbons (Fsp3) is 0.250. The number of para-hydroxylation sites is 1. The highest BCUT2D eigenvalue weighted by atomic mass is 32.2. The van der Waals surface area contributed by atoms with Gasteiger partial charge in [-0.05, 0) is 48.6 Å². The van der Waals surface area contributed by atoms with Crippen molar-refractivity contribution in [2.24, 2.45) is 0 Å². The average Bonchev–Trinajstić information content (AvgIpc) is 3.36. The van der Waals surface area contributed by atoms with Gasteiger partial charge in [0.05, 0.1) is 4.90 Å². The lowest BCUT2D eigenvalue weighted by Gasteiger charge is -2.10. The molecule has 0 bridgehead atoms. The van der Waals surface area contributed by atoms with Crippen molar-refractivity contribution < 1.29 is 13.2 Å². The van der Waals surface area contributed by atoms with Gasteiger partial charge in [0.1, 0.15) is 0 Å². The van der Waals surface area contributed by atoms with E-state index in [1.165, 1.54) is 12.1 Å². The van der Waals surface area contributed by atoms with E-state index < -0.39 is 10.0 Å². The molecule has 4 rings (SSSR count). The van der Waals surface area contributed by atoms with Gasteiger partial charge in [-0.1, -0.05) is 24.3 Å². The number of nitrogens with one attached hydrogen (secondary N) is 2. The van der Waals surface area contributed by atoms with E-state index in [9.17, 15) is 13.2 Å². The van der Waals surface area contributed by atoms with Crippen molar-refractivity contribution in [3.8, 4) is 0 Å². The van der Waals surface area contributed by atoms with E-state index in [1.54, 1.807) is 12.1 Å². The Kier molecular flexibility index (Phi) is 4.72. The Morgan fingerprint density at radius 2 is 1.89 bits per heavy atom. The Morgan fingerprint density at radius 1 is 1.07 bits per heavy atom. The lowest BCUT2D eigenvalue weighted by atomic mass is 10.2. The van der Waals surface area contributed by atoms with Crippen LogP contribution in [0.25, 0.3) is 10.9 Å². The third kappa shape index (κ3) is 4.20. The summed E-state index contributed by atoms with van der Waals surface area (Å²) >= 11 is 0. The van der Waals surface area contributed by atoms with E-state index in [0.717, 1.165) is 23.7 Å². The van der Waals surface area contributed by atoms with Crippen molar-refractivity contribution in [1.82, 2.24) is 9.29 Å². The van der Waals surface area contributed by atoms with E-state index >= 15 is 0 Å². The second kappa shape index (κ2) is 7.17. The van der Waals surface area contributed by atoms with Crippen LogP contribution in [0.1, 0.15) is 19.3 Å². The van der Waals surface area contributed by atoms with Gasteiger partial charge in [0.2, 0.25) is 15.9 Å². The summed E-state index contributed by atoms with van der Waals surface area (Å²) in [7, 11) is -3.53. The summed E-state index contributed by atoms with van der Waals surface area (Å²) in [6.07, 6.45) is 4.03. The molecular formula is C20H21N3O3S. The second-order valence-electron chi connectivity index (χ2n) is 6.79. The third-order valence-corrected chi connectivity index (χ3v) is 6.11. The number of anilines is 1. The van der Waals surface area contributed by atoms with Gasteiger partial charge in [-0.2, -0.15) is 0 Å². The number of rotatable bonds is 7. The fourth-order valence-corrected chi connectivity index (χ4v) is 4.36. The zero-order chi connectivity index (χ0) is 18.9. The molecule has 1 fully saturated rings. The molecule has 0 aliphatic heterocycles. The lowest BCUT2D eigenvalue weighted by Crippen LogP contribution is -2.25. The lowest BCUT2D eigenvalue weighted by molar-refractivity contribution is -0.116. The number of hydrogen-bond acceptors (Lipinski definition) is 3. The quantitative estimate of drug-likeness (QED) is 0.658. The minimum Gasteiger partial charge on any atom is -0.347 e. The maximum absolute atomic E-state index is 12.3. The van der Waals surface area contributed by atoms with Crippen molar-refractivity contribution in [2.45, 2.75) is 36.7 Å². The Bertz CT molecular complexity index is 1080. The van der Waals surface area contributed by atoms with Crippen LogP contribution in [-0.4, -0.2) is 24.9 Å². The van der Waals surface area contributed by atoms with Crippen molar-refractivity contribution in [3.05, 3.63) is 60.8 Å². The maximum Gasteiger partial charge on any atom is 0.240 e. The first kappa shape index (κ1) is 17.8. The normalized spacial score (nSPS) is 14.4. The monoisotopic (exact) mass is 383 g/mol. The highest BCUT2D eigenvalue weighted by Gasteiger charge is 2.28. The summed E-state index contributed by atoms with van der Waals surface area (Å²) in [6, 6.07) is 16.4. The van der Waals surface area contributed by atoms with Crippen molar-refractivity contribution in [2.75, 3.05) is 5.32 Å². The van der Waals surface area contributed by atoms with Gasteiger partial charge >= 0.3 is 0 Å². The Balaban J connectivity index is 1.40. The van der Waals surface area contributed by atoms with E-state index in [1.807, 2.05) is 41.1 Å². The molecule has 1 aliphatic carbocycles. The predicted octanol–water partition coefficient (Wildman–Crippen LogP) is 3.11. The largest absolute Gasteiger partial charge is 0.347 e. The topological polar surface area (TPSA) is 80.2 Å². The second-order valence-corrected chi connectivity index (χ2v) is 8.50.